The first-order chi connectivity index (χ1) is 15.1. The topological polar surface area (TPSA) is 58.6 Å². The quantitative estimate of drug-likeness (QED) is 0.554. The van der Waals surface area contributed by atoms with Crippen molar-refractivity contribution >= 4 is 17.5 Å². The number of rotatable bonds is 9. The number of hydrogen-bond acceptors (Lipinski definition) is 3. The lowest BCUT2D eigenvalue weighted by molar-refractivity contribution is -0.120. The molecule has 0 heterocycles. The van der Waals surface area contributed by atoms with Crippen LogP contribution in [0.5, 0.6) is 5.75 Å². The zero-order chi connectivity index (χ0) is 22.1. The molecule has 0 saturated carbocycles. The maximum absolute atomic E-state index is 13.4. The van der Waals surface area contributed by atoms with Crippen LogP contribution in [0.4, 0.5) is 5.69 Å². The predicted molar refractivity (Wildman–Crippen MR) is 123 cm³/mol. The van der Waals surface area contributed by atoms with Gasteiger partial charge in [-0.15, -0.1) is 0 Å². The van der Waals surface area contributed by atoms with Crippen molar-refractivity contribution < 1.29 is 14.3 Å². The molecular weight excluding hydrogens is 388 g/mol. The third-order valence-corrected chi connectivity index (χ3v) is 4.93. The van der Waals surface area contributed by atoms with Crippen LogP contribution >= 0.6 is 0 Å². The summed E-state index contributed by atoms with van der Waals surface area (Å²) >= 11 is 0. The molecule has 3 aromatic carbocycles. The summed E-state index contributed by atoms with van der Waals surface area (Å²) < 4.78 is 5.28. The summed E-state index contributed by atoms with van der Waals surface area (Å²) in [6.07, 6.45) is 1.23. The Morgan fingerprint density at radius 2 is 1.65 bits per heavy atom. The standard InChI is InChI=1S/C26H28N2O3/c1-3-16-27-25(29)17-20-12-14-23(15-13-20)28(19-21-8-5-4-6-9-21)26(30)22-10-7-11-24(18-22)31-2/h4-15,18H,3,16-17,19H2,1-2H3,(H,27,29). The van der Waals surface area contributed by atoms with Crippen LogP contribution in [0.15, 0.2) is 78.9 Å². The van der Waals surface area contributed by atoms with Crippen LogP contribution in [0.25, 0.3) is 0 Å². The summed E-state index contributed by atoms with van der Waals surface area (Å²) in [5, 5.41) is 2.89. The Morgan fingerprint density at radius 1 is 0.903 bits per heavy atom. The van der Waals surface area contributed by atoms with Crippen LogP contribution < -0.4 is 15.0 Å². The fourth-order valence-electron chi connectivity index (χ4n) is 3.26. The molecule has 0 saturated heterocycles. The fraction of sp³-hybridized carbons (Fsp3) is 0.231. The highest BCUT2D eigenvalue weighted by atomic mass is 16.5. The molecule has 3 rings (SSSR count). The molecule has 3 aromatic rings. The van der Waals surface area contributed by atoms with Crippen molar-refractivity contribution in [3.05, 3.63) is 95.6 Å². The van der Waals surface area contributed by atoms with E-state index < -0.39 is 0 Å². The number of anilines is 1. The minimum absolute atomic E-state index is 0.00296. The molecule has 0 spiro atoms. The number of benzene rings is 3. The van der Waals surface area contributed by atoms with E-state index in [1.807, 2.05) is 73.7 Å². The molecule has 0 aromatic heterocycles. The molecule has 0 atom stereocenters. The number of carbonyl (C=O) groups is 2. The molecule has 0 aliphatic rings. The van der Waals surface area contributed by atoms with Gasteiger partial charge < -0.3 is 15.0 Å². The van der Waals surface area contributed by atoms with E-state index >= 15 is 0 Å². The van der Waals surface area contributed by atoms with Gasteiger partial charge in [0.25, 0.3) is 5.91 Å². The second kappa shape index (κ2) is 11.0. The van der Waals surface area contributed by atoms with Gasteiger partial charge in [-0.2, -0.15) is 0 Å². The first-order valence-electron chi connectivity index (χ1n) is 10.5. The Balaban J connectivity index is 1.85. The van der Waals surface area contributed by atoms with Gasteiger partial charge in [0.15, 0.2) is 0 Å². The van der Waals surface area contributed by atoms with Crippen LogP contribution in [-0.2, 0) is 17.8 Å². The Morgan fingerprint density at radius 3 is 2.32 bits per heavy atom. The molecule has 0 radical (unpaired) electrons. The molecule has 31 heavy (non-hydrogen) atoms. The molecular formula is C26H28N2O3. The van der Waals surface area contributed by atoms with Crippen LogP contribution in [0.1, 0.15) is 34.8 Å². The molecule has 0 fully saturated rings. The van der Waals surface area contributed by atoms with Crippen LogP contribution in [0.2, 0.25) is 0 Å². The van der Waals surface area contributed by atoms with Crippen molar-refractivity contribution in [1.82, 2.24) is 5.32 Å². The van der Waals surface area contributed by atoms with E-state index in [0.29, 0.717) is 30.8 Å². The smallest absolute Gasteiger partial charge is 0.258 e. The summed E-state index contributed by atoms with van der Waals surface area (Å²) in [5.41, 5.74) is 3.26. The number of amides is 2. The number of nitrogens with zero attached hydrogens (tertiary/aromatic N) is 1. The van der Waals surface area contributed by atoms with Gasteiger partial charge in [-0.05, 0) is 47.9 Å². The van der Waals surface area contributed by atoms with Crippen LogP contribution in [0, 0.1) is 0 Å². The monoisotopic (exact) mass is 416 g/mol. The first-order valence-corrected chi connectivity index (χ1v) is 10.5. The van der Waals surface area contributed by atoms with Gasteiger partial charge in [0, 0.05) is 17.8 Å². The van der Waals surface area contributed by atoms with Crippen molar-refractivity contribution in [3.63, 3.8) is 0 Å². The molecule has 0 bridgehead atoms. The molecule has 2 amide bonds. The van der Waals surface area contributed by atoms with E-state index in [4.69, 9.17) is 4.74 Å². The number of carbonyl (C=O) groups excluding carboxylic acids is 2. The van der Waals surface area contributed by atoms with Crippen molar-refractivity contribution in [3.8, 4) is 5.75 Å². The van der Waals surface area contributed by atoms with E-state index in [1.54, 1.807) is 24.1 Å². The molecule has 0 aliphatic heterocycles. The molecule has 0 aliphatic carbocycles. The molecule has 160 valence electrons. The number of hydrogen-bond donors (Lipinski definition) is 1. The molecule has 0 unspecified atom stereocenters. The second-order valence-corrected chi connectivity index (χ2v) is 7.30. The van der Waals surface area contributed by atoms with Gasteiger partial charge in [-0.3, -0.25) is 9.59 Å². The van der Waals surface area contributed by atoms with Gasteiger partial charge in [0.1, 0.15) is 5.75 Å². The average molecular weight is 417 g/mol. The first kappa shape index (κ1) is 22.1. The normalized spacial score (nSPS) is 10.4. The lowest BCUT2D eigenvalue weighted by atomic mass is 10.1. The summed E-state index contributed by atoms with van der Waals surface area (Å²) in [6.45, 7) is 3.14. The van der Waals surface area contributed by atoms with Crippen LogP contribution in [-0.4, -0.2) is 25.5 Å². The number of nitrogens with one attached hydrogen (secondary N) is 1. The Kier molecular flexibility index (Phi) is 7.82. The summed E-state index contributed by atoms with van der Waals surface area (Å²) in [6, 6.07) is 24.6. The lowest BCUT2D eigenvalue weighted by Crippen LogP contribution is -2.30. The third-order valence-electron chi connectivity index (χ3n) is 4.93. The zero-order valence-electron chi connectivity index (χ0n) is 18.0. The highest BCUT2D eigenvalue weighted by molar-refractivity contribution is 6.06. The van der Waals surface area contributed by atoms with E-state index in [1.165, 1.54) is 0 Å². The Labute approximate surface area is 183 Å². The summed E-state index contributed by atoms with van der Waals surface area (Å²) in [7, 11) is 1.58. The third kappa shape index (κ3) is 6.19. The summed E-state index contributed by atoms with van der Waals surface area (Å²) in [4.78, 5) is 27.1. The average Bonchev–Trinajstić information content (AvgIpc) is 2.82. The van der Waals surface area contributed by atoms with E-state index in [9.17, 15) is 9.59 Å². The van der Waals surface area contributed by atoms with Gasteiger partial charge in [0.2, 0.25) is 5.91 Å². The lowest BCUT2D eigenvalue weighted by Gasteiger charge is -2.24. The van der Waals surface area contributed by atoms with E-state index in [2.05, 4.69) is 5.32 Å². The highest BCUT2D eigenvalue weighted by Gasteiger charge is 2.19. The fourth-order valence-corrected chi connectivity index (χ4v) is 3.26. The minimum Gasteiger partial charge on any atom is -0.497 e. The Bertz CT molecular complexity index is 1000. The minimum atomic E-state index is -0.115. The molecule has 5 heteroatoms. The molecule has 5 nitrogen and oxygen atoms in total. The van der Waals surface area contributed by atoms with Gasteiger partial charge in [-0.25, -0.2) is 0 Å². The maximum atomic E-state index is 13.4. The zero-order valence-corrected chi connectivity index (χ0v) is 18.0. The van der Waals surface area contributed by atoms with E-state index in [0.717, 1.165) is 23.2 Å². The van der Waals surface area contributed by atoms with E-state index in [-0.39, 0.29) is 11.8 Å². The SMILES string of the molecule is CCCNC(=O)Cc1ccc(N(Cc2ccccc2)C(=O)c2cccc(OC)c2)cc1. The number of methoxy groups -OCH3 is 1. The van der Waals surface area contributed by atoms with Crippen molar-refractivity contribution in [1.29, 1.82) is 0 Å². The Hall–Kier alpha value is -3.60. The molecule has 1 N–H and O–H groups in total. The van der Waals surface area contributed by atoms with Crippen molar-refractivity contribution in [2.24, 2.45) is 0 Å². The summed E-state index contributed by atoms with van der Waals surface area (Å²) in [5.74, 6) is 0.526. The van der Waals surface area contributed by atoms with Gasteiger partial charge in [0.05, 0.1) is 20.1 Å². The van der Waals surface area contributed by atoms with Gasteiger partial charge >= 0.3 is 0 Å². The largest absolute Gasteiger partial charge is 0.497 e. The van der Waals surface area contributed by atoms with Crippen molar-refractivity contribution in [2.45, 2.75) is 26.3 Å². The number of ether oxygens (including phenoxy) is 1. The van der Waals surface area contributed by atoms with Crippen LogP contribution in [0.3, 0.4) is 0 Å². The van der Waals surface area contributed by atoms with Crippen molar-refractivity contribution in [2.75, 3.05) is 18.6 Å². The second-order valence-electron chi connectivity index (χ2n) is 7.30. The maximum Gasteiger partial charge on any atom is 0.258 e. The predicted octanol–water partition coefficient (Wildman–Crippen LogP) is 4.61. The highest BCUT2D eigenvalue weighted by Crippen LogP contribution is 2.23. The van der Waals surface area contributed by atoms with Gasteiger partial charge in [-0.1, -0.05) is 55.5 Å².